The maximum absolute atomic E-state index is 13.0. The lowest BCUT2D eigenvalue weighted by Gasteiger charge is -2.40. The van der Waals surface area contributed by atoms with Gasteiger partial charge in [0.2, 0.25) is 0 Å². The lowest BCUT2D eigenvalue weighted by molar-refractivity contribution is -0.126. The second-order valence-electron chi connectivity index (χ2n) is 6.45. The van der Waals surface area contributed by atoms with Crippen LogP contribution in [0.3, 0.4) is 0 Å². The van der Waals surface area contributed by atoms with Crippen molar-refractivity contribution in [1.29, 1.82) is 0 Å². The molecule has 3 aliphatic rings. The molecule has 4 rings (SSSR count). The Balaban J connectivity index is 1.85. The molecule has 7 heteroatoms. The van der Waals surface area contributed by atoms with Crippen LogP contribution in [0.1, 0.15) is 18.4 Å². The van der Waals surface area contributed by atoms with E-state index in [-0.39, 0.29) is 23.0 Å². The highest BCUT2D eigenvalue weighted by Crippen LogP contribution is 2.51. The zero-order valence-electron chi connectivity index (χ0n) is 13.1. The quantitative estimate of drug-likeness (QED) is 0.661. The molecule has 3 atom stereocenters. The van der Waals surface area contributed by atoms with Crippen molar-refractivity contribution < 1.29 is 24.6 Å². The average molecular weight is 357 g/mol. The first-order valence-electron chi connectivity index (χ1n) is 7.89. The fourth-order valence-electron chi connectivity index (χ4n) is 3.96. The topological polar surface area (TPSA) is 118 Å². The van der Waals surface area contributed by atoms with E-state index in [2.05, 4.69) is 0 Å². The summed E-state index contributed by atoms with van der Waals surface area (Å²) in [5.74, 6) is -4.05. The predicted octanol–water partition coefficient (Wildman–Crippen LogP) is 1.91. The second-order valence-corrected chi connectivity index (χ2v) is 7.70. The molecule has 1 saturated carbocycles. The summed E-state index contributed by atoms with van der Waals surface area (Å²) in [5, 5.41) is 20.7. The molecule has 1 fully saturated rings. The molecule has 1 aromatic rings. The van der Waals surface area contributed by atoms with Gasteiger partial charge in [-0.3, -0.25) is 14.4 Å². The highest BCUT2D eigenvalue weighted by Gasteiger charge is 2.50. The molecule has 6 nitrogen and oxygen atoms in total. The van der Waals surface area contributed by atoms with E-state index >= 15 is 0 Å². The molecule has 1 heterocycles. The van der Waals surface area contributed by atoms with Gasteiger partial charge in [-0.15, -0.1) is 11.8 Å². The number of fused-ring (bicyclic) bond motifs is 3. The van der Waals surface area contributed by atoms with E-state index in [9.17, 15) is 24.6 Å². The van der Waals surface area contributed by atoms with Crippen molar-refractivity contribution in [1.82, 2.24) is 0 Å². The minimum Gasteiger partial charge on any atom is -0.511 e. The van der Waals surface area contributed by atoms with E-state index in [1.807, 2.05) is 12.1 Å². The number of carbonyl (C=O) groups is 3. The molecule has 25 heavy (non-hydrogen) atoms. The standard InChI is InChI=1S/C18H15NO5S/c19-18(24)13-9(20)5-7-6-11-14(17(23)12(7)16(13)22)15(21)8-3-1-2-4-10(8)25-11/h1-4,7,11-12,21-22H,5-6H2,(H2,19,24). The number of aliphatic hydroxyl groups excluding tert-OH is 2. The molecule has 4 N–H and O–H groups in total. The highest BCUT2D eigenvalue weighted by molar-refractivity contribution is 8.00. The number of rotatable bonds is 1. The second kappa shape index (κ2) is 5.49. The largest absolute Gasteiger partial charge is 0.511 e. The van der Waals surface area contributed by atoms with Gasteiger partial charge < -0.3 is 15.9 Å². The van der Waals surface area contributed by atoms with E-state index in [4.69, 9.17) is 5.73 Å². The summed E-state index contributed by atoms with van der Waals surface area (Å²) in [6, 6.07) is 7.23. The number of hydrogen-bond donors (Lipinski definition) is 3. The maximum atomic E-state index is 13.0. The van der Waals surface area contributed by atoms with Crippen molar-refractivity contribution in [3.63, 3.8) is 0 Å². The summed E-state index contributed by atoms with van der Waals surface area (Å²) in [6.07, 6.45) is 0.447. The number of amides is 1. The van der Waals surface area contributed by atoms with Gasteiger partial charge >= 0.3 is 0 Å². The molecule has 0 saturated heterocycles. The normalized spacial score (nSPS) is 28.4. The summed E-state index contributed by atoms with van der Waals surface area (Å²) in [4.78, 5) is 37.5. The monoisotopic (exact) mass is 357 g/mol. The molecule has 0 aromatic heterocycles. The number of nitrogens with two attached hydrogens (primary N) is 1. The van der Waals surface area contributed by atoms with Crippen molar-refractivity contribution in [2.75, 3.05) is 0 Å². The SMILES string of the molecule is NC(=O)C1=C(O)C2C(=O)C3=C(O)c4ccccc4SC3CC2CC1=O. The fraction of sp³-hybridized carbons (Fsp3) is 0.278. The molecule has 0 radical (unpaired) electrons. The Bertz CT molecular complexity index is 900. The van der Waals surface area contributed by atoms with Crippen LogP contribution in [0, 0.1) is 11.8 Å². The lowest BCUT2D eigenvalue weighted by Crippen LogP contribution is -2.44. The first-order chi connectivity index (χ1) is 11.9. The van der Waals surface area contributed by atoms with Crippen LogP contribution in [-0.4, -0.2) is 32.9 Å². The summed E-state index contributed by atoms with van der Waals surface area (Å²) >= 11 is 1.47. The van der Waals surface area contributed by atoms with Crippen LogP contribution in [0.15, 0.2) is 46.1 Å². The molecule has 1 aromatic carbocycles. The van der Waals surface area contributed by atoms with E-state index in [1.165, 1.54) is 11.8 Å². The Morgan fingerprint density at radius 3 is 2.64 bits per heavy atom. The van der Waals surface area contributed by atoms with Gasteiger partial charge in [0.1, 0.15) is 17.1 Å². The number of aliphatic hydroxyl groups is 2. The van der Waals surface area contributed by atoms with Crippen LogP contribution in [0.5, 0.6) is 0 Å². The predicted molar refractivity (Wildman–Crippen MR) is 90.7 cm³/mol. The van der Waals surface area contributed by atoms with Gasteiger partial charge in [0.05, 0.1) is 11.5 Å². The Morgan fingerprint density at radius 2 is 1.92 bits per heavy atom. The Hall–Kier alpha value is -2.54. The number of carbonyl (C=O) groups excluding carboxylic acids is 3. The zero-order valence-corrected chi connectivity index (χ0v) is 13.9. The van der Waals surface area contributed by atoms with Crippen LogP contribution < -0.4 is 5.73 Å². The third kappa shape index (κ3) is 2.22. The number of thioether (sulfide) groups is 1. The third-order valence-corrected chi connectivity index (χ3v) is 6.37. The number of Topliss-reactive ketones (excluding diaryl/α,β-unsaturated/α-hetero) is 2. The number of allylic oxidation sites excluding steroid dienone is 1. The van der Waals surface area contributed by atoms with Crippen molar-refractivity contribution in [3.8, 4) is 0 Å². The molecule has 128 valence electrons. The van der Waals surface area contributed by atoms with E-state index in [0.717, 1.165) is 4.90 Å². The summed E-state index contributed by atoms with van der Waals surface area (Å²) in [5.41, 5.74) is 5.52. The van der Waals surface area contributed by atoms with Gasteiger partial charge in [0.15, 0.2) is 11.6 Å². The lowest BCUT2D eigenvalue weighted by atomic mass is 9.67. The van der Waals surface area contributed by atoms with Gasteiger partial charge in [-0.05, 0) is 18.4 Å². The fourth-order valence-corrected chi connectivity index (χ4v) is 5.40. The summed E-state index contributed by atoms with van der Waals surface area (Å²) in [7, 11) is 0. The van der Waals surface area contributed by atoms with Gasteiger partial charge in [-0.25, -0.2) is 0 Å². The molecular weight excluding hydrogens is 342 g/mol. The number of hydrogen-bond acceptors (Lipinski definition) is 6. The van der Waals surface area contributed by atoms with Crippen LogP contribution >= 0.6 is 11.8 Å². The molecular formula is C18H15NO5S. The van der Waals surface area contributed by atoms with Crippen molar-refractivity contribution in [2.24, 2.45) is 17.6 Å². The Morgan fingerprint density at radius 1 is 1.20 bits per heavy atom. The number of primary amides is 1. The maximum Gasteiger partial charge on any atom is 0.255 e. The molecule has 1 amide bonds. The van der Waals surface area contributed by atoms with Crippen LogP contribution in [0.2, 0.25) is 0 Å². The molecule has 0 bridgehead atoms. The molecule has 2 aliphatic carbocycles. The van der Waals surface area contributed by atoms with E-state index < -0.39 is 40.6 Å². The summed E-state index contributed by atoms with van der Waals surface area (Å²) in [6.45, 7) is 0. The molecule has 3 unspecified atom stereocenters. The summed E-state index contributed by atoms with van der Waals surface area (Å²) < 4.78 is 0. The van der Waals surface area contributed by atoms with Crippen molar-refractivity contribution >= 4 is 35.0 Å². The van der Waals surface area contributed by atoms with Gasteiger partial charge in [-0.2, -0.15) is 0 Å². The van der Waals surface area contributed by atoms with Crippen LogP contribution in [-0.2, 0) is 14.4 Å². The first-order valence-corrected chi connectivity index (χ1v) is 8.77. The average Bonchev–Trinajstić information content (AvgIpc) is 2.53. The molecule has 1 aliphatic heterocycles. The van der Waals surface area contributed by atoms with E-state index in [0.29, 0.717) is 12.0 Å². The Labute approximate surface area is 147 Å². The van der Waals surface area contributed by atoms with Gasteiger partial charge in [-0.1, -0.05) is 18.2 Å². The number of ketones is 2. The van der Waals surface area contributed by atoms with Crippen molar-refractivity contribution in [2.45, 2.75) is 23.0 Å². The minimum absolute atomic E-state index is 0.00844. The van der Waals surface area contributed by atoms with Gasteiger partial charge in [0, 0.05) is 22.1 Å². The smallest absolute Gasteiger partial charge is 0.255 e. The van der Waals surface area contributed by atoms with E-state index in [1.54, 1.807) is 12.1 Å². The van der Waals surface area contributed by atoms with Gasteiger partial charge in [0.25, 0.3) is 5.91 Å². The molecule has 0 spiro atoms. The minimum atomic E-state index is -1.03. The van der Waals surface area contributed by atoms with Crippen molar-refractivity contribution in [3.05, 3.63) is 46.7 Å². The van der Waals surface area contributed by atoms with Crippen LogP contribution in [0.4, 0.5) is 0 Å². The Kier molecular flexibility index (Phi) is 3.50. The highest BCUT2D eigenvalue weighted by atomic mass is 32.2. The third-order valence-electron chi connectivity index (χ3n) is 5.05. The number of benzene rings is 1. The first kappa shape index (κ1) is 16.0. The zero-order chi connectivity index (χ0) is 17.9. The van der Waals surface area contributed by atoms with Crippen LogP contribution in [0.25, 0.3) is 5.76 Å².